The summed E-state index contributed by atoms with van der Waals surface area (Å²) in [6, 6.07) is 6.25. The second-order valence-corrected chi connectivity index (χ2v) is 6.59. The summed E-state index contributed by atoms with van der Waals surface area (Å²) in [6.45, 7) is 3.47. The quantitative estimate of drug-likeness (QED) is 0.786. The van der Waals surface area contributed by atoms with Gasteiger partial charge in [0.15, 0.2) is 0 Å². The summed E-state index contributed by atoms with van der Waals surface area (Å²) in [4.78, 5) is 0.131. The Kier molecular flexibility index (Phi) is 5.72. The number of methoxy groups -OCH3 is 1. The molecule has 2 N–H and O–H groups in total. The minimum absolute atomic E-state index is 0.131. The summed E-state index contributed by atoms with van der Waals surface area (Å²) < 4.78 is 32.1. The van der Waals surface area contributed by atoms with Gasteiger partial charge in [-0.15, -0.1) is 0 Å². The molecule has 0 aliphatic rings. The molecule has 0 fully saturated rings. The molecule has 1 aromatic rings. The van der Waals surface area contributed by atoms with E-state index in [2.05, 4.69) is 16.6 Å². The van der Waals surface area contributed by atoms with Crippen molar-refractivity contribution in [2.24, 2.45) is 0 Å². The third-order valence-corrected chi connectivity index (χ3v) is 4.07. The van der Waals surface area contributed by atoms with Gasteiger partial charge < -0.3 is 9.84 Å². The van der Waals surface area contributed by atoms with E-state index in [9.17, 15) is 8.42 Å². The largest absolute Gasteiger partial charge is 0.384 e. The lowest BCUT2D eigenvalue weighted by atomic mass is 10.1. The maximum atomic E-state index is 12.3. The third kappa shape index (κ3) is 4.94. The van der Waals surface area contributed by atoms with Crippen LogP contribution in [0.5, 0.6) is 0 Å². The molecule has 0 spiro atoms. The highest BCUT2D eigenvalue weighted by Gasteiger charge is 2.26. The van der Waals surface area contributed by atoms with Crippen molar-refractivity contribution in [1.29, 1.82) is 0 Å². The van der Waals surface area contributed by atoms with E-state index < -0.39 is 15.6 Å². The monoisotopic (exact) mass is 297 g/mol. The Hall–Kier alpha value is -1.39. The lowest BCUT2D eigenvalue weighted by molar-refractivity contribution is 0.141. The minimum atomic E-state index is -3.65. The van der Waals surface area contributed by atoms with E-state index in [1.807, 2.05) is 0 Å². The molecule has 0 unspecified atom stereocenters. The summed E-state index contributed by atoms with van der Waals surface area (Å²) in [6.07, 6.45) is 0. The molecule has 0 saturated carbocycles. The van der Waals surface area contributed by atoms with Crippen LogP contribution in [0.4, 0.5) is 0 Å². The Morgan fingerprint density at radius 1 is 1.40 bits per heavy atom. The van der Waals surface area contributed by atoms with Crippen molar-refractivity contribution in [1.82, 2.24) is 4.72 Å². The summed E-state index contributed by atoms with van der Waals surface area (Å²) in [5.74, 6) is 5.16. The molecule has 0 aromatic heterocycles. The zero-order valence-corrected chi connectivity index (χ0v) is 12.6. The Morgan fingerprint density at radius 3 is 2.70 bits per heavy atom. The molecule has 0 radical (unpaired) electrons. The first-order valence-electron chi connectivity index (χ1n) is 6.03. The van der Waals surface area contributed by atoms with Crippen molar-refractivity contribution in [3.8, 4) is 11.8 Å². The number of hydrogen-bond acceptors (Lipinski definition) is 4. The van der Waals surface area contributed by atoms with Crippen molar-refractivity contribution >= 4 is 10.0 Å². The van der Waals surface area contributed by atoms with Crippen LogP contribution in [0.3, 0.4) is 0 Å². The van der Waals surface area contributed by atoms with Crippen molar-refractivity contribution in [2.75, 3.05) is 20.3 Å². The molecular weight excluding hydrogens is 278 g/mol. The molecule has 0 aliphatic heterocycles. The van der Waals surface area contributed by atoms with Gasteiger partial charge in [0.25, 0.3) is 0 Å². The maximum absolute atomic E-state index is 12.3. The number of rotatable bonds is 5. The van der Waals surface area contributed by atoms with E-state index in [0.717, 1.165) is 0 Å². The number of aliphatic hydroxyl groups is 1. The topological polar surface area (TPSA) is 75.6 Å². The molecule has 1 rings (SSSR count). The fourth-order valence-corrected chi connectivity index (χ4v) is 3.14. The number of sulfonamides is 1. The number of ether oxygens (including phenoxy) is 1. The SMILES string of the molecule is COCC(C)(C)NS(=O)(=O)c1cccc(C#CCO)c1. The Balaban J connectivity index is 3.04. The summed E-state index contributed by atoms with van der Waals surface area (Å²) in [5, 5.41) is 8.65. The zero-order chi connectivity index (χ0) is 15.2. The molecule has 6 heteroatoms. The van der Waals surface area contributed by atoms with E-state index >= 15 is 0 Å². The van der Waals surface area contributed by atoms with E-state index in [0.29, 0.717) is 5.56 Å². The second-order valence-electron chi connectivity index (χ2n) is 4.91. The highest BCUT2D eigenvalue weighted by Crippen LogP contribution is 2.14. The zero-order valence-electron chi connectivity index (χ0n) is 11.8. The number of aliphatic hydroxyl groups excluding tert-OH is 1. The van der Waals surface area contributed by atoms with Crippen LogP contribution in [-0.2, 0) is 14.8 Å². The lowest BCUT2D eigenvalue weighted by Gasteiger charge is -2.24. The van der Waals surface area contributed by atoms with Crippen LogP contribution in [0.1, 0.15) is 19.4 Å². The molecular formula is C14H19NO4S. The highest BCUT2D eigenvalue weighted by atomic mass is 32.2. The van der Waals surface area contributed by atoms with E-state index in [-0.39, 0.29) is 18.1 Å². The van der Waals surface area contributed by atoms with E-state index in [1.54, 1.807) is 26.0 Å². The first kappa shape index (κ1) is 16.7. The summed E-state index contributed by atoms with van der Waals surface area (Å²) >= 11 is 0. The first-order chi connectivity index (χ1) is 9.30. The average molecular weight is 297 g/mol. The smallest absolute Gasteiger partial charge is 0.241 e. The van der Waals surface area contributed by atoms with Gasteiger partial charge in [0, 0.05) is 12.7 Å². The van der Waals surface area contributed by atoms with Gasteiger partial charge in [-0.3, -0.25) is 0 Å². The predicted octanol–water partition coefficient (Wildman–Crippen LogP) is 0.734. The van der Waals surface area contributed by atoms with Crippen LogP contribution in [0.25, 0.3) is 0 Å². The fourth-order valence-electron chi connectivity index (χ4n) is 1.70. The van der Waals surface area contributed by atoms with Gasteiger partial charge in [-0.25, -0.2) is 13.1 Å². The van der Waals surface area contributed by atoms with Crippen molar-refractivity contribution in [2.45, 2.75) is 24.3 Å². The van der Waals surface area contributed by atoms with Crippen LogP contribution < -0.4 is 4.72 Å². The van der Waals surface area contributed by atoms with Gasteiger partial charge in [0.1, 0.15) is 6.61 Å². The Labute approximate surface area is 120 Å². The number of benzene rings is 1. The van der Waals surface area contributed by atoms with Gasteiger partial charge in [-0.1, -0.05) is 17.9 Å². The van der Waals surface area contributed by atoms with Crippen LogP contribution in [0, 0.1) is 11.8 Å². The number of nitrogens with one attached hydrogen (secondary N) is 1. The van der Waals surface area contributed by atoms with E-state index in [1.165, 1.54) is 19.2 Å². The molecule has 0 saturated heterocycles. The standard InChI is InChI=1S/C14H19NO4S/c1-14(2,11-19-3)15-20(17,18)13-8-4-6-12(10-13)7-5-9-16/h4,6,8,10,15-16H,9,11H2,1-3H3. The van der Waals surface area contributed by atoms with Crippen molar-refractivity contribution < 1.29 is 18.3 Å². The van der Waals surface area contributed by atoms with Crippen LogP contribution in [0.15, 0.2) is 29.2 Å². The van der Waals surface area contributed by atoms with E-state index in [4.69, 9.17) is 9.84 Å². The lowest BCUT2D eigenvalue weighted by Crippen LogP contribution is -2.46. The molecule has 5 nitrogen and oxygen atoms in total. The first-order valence-corrected chi connectivity index (χ1v) is 7.52. The molecule has 110 valence electrons. The third-order valence-electron chi connectivity index (χ3n) is 2.37. The molecule has 0 amide bonds. The van der Waals surface area contributed by atoms with Crippen molar-refractivity contribution in [3.05, 3.63) is 29.8 Å². The highest BCUT2D eigenvalue weighted by molar-refractivity contribution is 7.89. The molecule has 0 heterocycles. The van der Waals surface area contributed by atoms with Gasteiger partial charge >= 0.3 is 0 Å². The van der Waals surface area contributed by atoms with Crippen LogP contribution in [0.2, 0.25) is 0 Å². The maximum Gasteiger partial charge on any atom is 0.241 e. The number of hydrogen-bond donors (Lipinski definition) is 2. The van der Waals surface area contributed by atoms with Crippen molar-refractivity contribution in [3.63, 3.8) is 0 Å². The van der Waals surface area contributed by atoms with Crippen LogP contribution >= 0.6 is 0 Å². The second kappa shape index (κ2) is 6.86. The van der Waals surface area contributed by atoms with Crippen LogP contribution in [-0.4, -0.2) is 39.4 Å². The van der Waals surface area contributed by atoms with Gasteiger partial charge in [-0.05, 0) is 32.0 Å². The molecule has 0 bridgehead atoms. The molecule has 20 heavy (non-hydrogen) atoms. The minimum Gasteiger partial charge on any atom is -0.384 e. The molecule has 0 aliphatic carbocycles. The van der Waals surface area contributed by atoms with Gasteiger partial charge in [0.2, 0.25) is 10.0 Å². The summed E-state index contributed by atoms with van der Waals surface area (Å²) in [5.41, 5.74) is -0.174. The van der Waals surface area contributed by atoms with Gasteiger partial charge in [-0.2, -0.15) is 0 Å². The Bertz CT molecular complexity index is 612. The fraction of sp³-hybridized carbons (Fsp3) is 0.429. The predicted molar refractivity (Wildman–Crippen MR) is 76.7 cm³/mol. The summed E-state index contributed by atoms with van der Waals surface area (Å²) in [7, 11) is -2.13. The molecule has 1 aromatic carbocycles. The Morgan fingerprint density at radius 2 is 2.10 bits per heavy atom. The molecule has 0 atom stereocenters. The normalized spacial score (nSPS) is 11.8. The average Bonchev–Trinajstić information content (AvgIpc) is 2.35. The van der Waals surface area contributed by atoms with Gasteiger partial charge in [0.05, 0.1) is 17.0 Å².